The van der Waals surface area contributed by atoms with Crippen molar-refractivity contribution in [2.75, 3.05) is 0 Å². The van der Waals surface area contributed by atoms with Gasteiger partial charge in [-0.2, -0.15) is 0 Å². The maximum Gasteiger partial charge on any atom is 0.302 e. The van der Waals surface area contributed by atoms with Gasteiger partial charge in [0.2, 0.25) is 0 Å². The summed E-state index contributed by atoms with van der Waals surface area (Å²) < 4.78 is 6.68. The number of aryl methyl sites for hydroxylation is 1. The molecule has 4 heteroatoms. The van der Waals surface area contributed by atoms with E-state index in [4.69, 9.17) is 4.74 Å². The average molecular weight is 232 g/mol. The third-order valence-electron chi connectivity index (χ3n) is 1.92. The molecule has 0 N–H and O–H groups in total. The number of carbonyl (C=O) groups excluding carboxylic acids is 1. The summed E-state index contributed by atoms with van der Waals surface area (Å²) in [6.07, 6.45) is 5.39. The van der Waals surface area contributed by atoms with Crippen LogP contribution in [-0.4, -0.2) is 15.5 Å². The zero-order valence-corrected chi connectivity index (χ0v) is 10.0. The Morgan fingerprint density at radius 2 is 2.06 bits per heavy atom. The minimum absolute atomic E-state index is 0.242. The molecule has 0 spiro atoms. The number of rotatable bonds is 2. The number of hydrogen-bond acceptors (Lipinski definition) is 3. The summed E-state index contributed by atoms with van der Waals surface area (Å²) in [5, 5.41) is 0. The van der Waals surface area contributed by atoms with Crippen molar-refractivity contribution >= 4 is 5.97 Å². The second kappa shape index (κ2) is 7.22. The van der Waals surface area contributed by atoms with Gasteiger partial charge in [0.15, 0.2) is 0 Å². The summed E-state index contributed by atoms with van der Waals surface area (Å²) in [7, 11) is 1.94. The van der Waals surface area contributed by atoms with E-state index in [0.717, 1.165) is 5.56 Å². The number of aromatic nitrogens is 2. The van der Waals surface area contributed by atoms with Gasteiger partial charge in [-0.1, -0.05) is 30.3 Å². The van der Waals surface area contributed by atoms with E-state index in [1.807, 2.05) is 48.1 Å². The number of ether oxygens (including phenoxy) is 1. The van der Waals surface area contributed by atoms with E-state index in [1.54, 1.807) is 12.5 Å². The van der Waals surface area contributed by atoms with Crippen LogP contribution < -0.4 is 0 Å². The Morgan fingerprint density at radius 1 is 1.35 bits per heavy atom. The van der Waals surface area contributed by atoms with Crippen LogP contribution in [0.1, 0.15) is 12.5 Å². The topological polar surface area (TPSA) is 44.1 Å². The molecule has 0 saturated heterocycles. The molecular formula is C13H16N2O2. The van der Waals surface area contributed by atoms with Crippen molar-refractivity contribution in [1.29, 1.82) is 0 Å². The largest absolute Gasteiger partial charge is 0.461 e. The molecule has 0 aliphatic rings. The predicted octanol–water partition coefficient (Wildman–Crippen LogP) is 2.17. The van der Waals surface area contributed by atoms with E-state index in [-0.39, 0.29) is 5.97 Å². The fourth-order valence-electron chi connectivity index (χ4n) is 1.08. The molecule has 0 radical (unpaired) electrons. The quantitative estimate of drug-likeness (QED) is 0.745. The van der Waals surface area contributed by atoms with E-state index in [0.29, 0.717) is 6.61 Å². The highest BCUT2D eigenvalue weighted by molar-refractivity contribution is 5.65. The van der Waals surface area contributed by atoms with Crippen molar-refractivity contribution in [2.24, 2.45) is 7.05 Å². The van der Waals surface area contributed by atoms with Gasteiger partial charge in [-0.25, -0.2) is 4.98 Å². The molecule has 0 amide bonds. The summed E-state index contributed by atoms with van der Waals surface area (Å²) in [6.45, 7) is 1.78. The second-order valence-corrected chi connectivity index (χ2v) is 3.49. The van der Waals surface area contributed by atoms with Crippen LogP contribution >= 0.6 is 0 Å². The second-order valence-electron chi connectivity index (χ2n) is 3.49. The normalized spacial score (nSPS) is 9.06. The molecule has 0 aliphatic carbocycles. The van der Waals surface area contributed by atoms with Crippen molar-refractivity contribution in [3.8, 4) is 0 Å². The molecule has 1 aromatic heterocycles. The molecule has 1 heterocycles. The van der Waals surface area contributed by atoms with Crippen LogP contribution in [0.4, 0.5) is 0 Å². The zero-order valence-electron chi connectivity index (χ0n) is 10.0. The Hall–Kier alpha value is -2.10. The van der Waals surface area contributed by atoms with Gasteiger partial charge in [0, 0.05) is 26.4 Å². The van der Waals surface area contributed by atoms with Gasteiger partial charge in [0.25, 0.3) is 0 Å². The third kappa shape index (κ3) is 6.14. The Labute approximate surface area is 101 Å². The van der Waals surface area contributed by atoms with Crippen molar-refractivity contribution in [1.82, 2.24) is 9.55 Å². The summed E-state index contributed by atoms with van der Waals surface area (Å²) in [5.74, 6) is -0.242. The molecular weight excluding hydrogens is 216 g/mol. The molecule has 90 valence electrons. The van der Waals surface area contributed by atoms with Gasteiger partial charge in [-0.15, -0.1) is 0 Å². The molecule has 0 aliphatic heterocycles. The SMILES string of the molecule is CC(=O)OCc1ccccc1.Cn1ccnc1. The van der Waals surface area contributed by atoms with E-state index >= 15 is 0 Å². The van der Waals surface area contributed by atoms with Gasteiger partial charge in [0.05, 0.1) is 6.33 Å². The maximum atomic E-state index is 10.4. The zero-order chi connectivity index (χ0) is 12.5. The summed E-state index contributed by atoms with van der Waals surface area (Å²) >= 11 is 0. The summed E-state index contributed by atoms with van der Waals surface area (Å²) in [5.41, 5.74) is 1.02. The van der Waals surface area contributed by atoms with Crippen molar-refractivity contribution in [3.05, 3.63) is 54.6 Å². The van der Waals surface area contributed by atoms with Crippen LogP contribution in [0.5, 0.6) is 0 Å². The van der Waals surface area contributed by atoms with Crippen LogP contribution in [0.3, 0.4) is 0 Å². The lowest BCUT2D eigenvalue weighted by molar-refractivity contribution is -0.142. The van der Waals surface area contributed by atoms with Crippen LogP contribution in [0, 0.1) is 0 Å². The highest BCUT2D eigenvalue weighted by atomic mass is 16.5. The fraction of sp³-hybridized carbons (Fsp3) is 0.231. The minimum Gasteiger partial charge on any atom is -0.461 e. The lowest BCUT2D eigenvalue weighted by Crippen LogP contribution is -1.97. The highest BCUT2D eigenvalue weighted by Crippen LogP contribution is 1.99. The first kappa shape index (κ1) is 13.0. The van der Waals surface area contributed by atoms with Gasteiger partial charge >= 0.3 is 5.97 Å². The fourth-order valence-corrected chi connectivity index (χ4v) is 1.08. The predicted molar refractivity (Wildman–Crippen MR) is 65.1 cm³/mol. The summed E-state index contributed by atoms with van der Waals surface area (Å²) in [4.78, 5) is 14.2. The van der Waals surface area contributed by atoms with E-state index in [9.17, 15) is 4.79 Å². The van der Waals surface area contributed by atoms with E-state index in [2.05, 4.69) is 4.98 Å². The number of nitrogens with zero attached hydrogens (tertiary/aromatic N) is 2. The number of imidazole rings is 1. The lowest BCUT2D eigenvalue weighted by atomic mass is 10.2. The standard InChI is InChI=1S/C9H10O2.C4H6N2/c1-8(10)11-7-9-5-3-2-4-6-9;1-6-3-2-5-4-6/h2-6H,7H2,1H3;2-4H,1H3. The van der Waals surface area contributed by atoms with E-state index in [1.165, 1.54) is 6.92 Å². The Balaban J connectivity index is 0.000000202. The van der Waals surface area contributed by atoms with Crippen molar-refractivity contribution < 1.29 is 9.53 Å². The Morgan fingerprint density at radius 3 is 2.47 bits per heavy atom. The highest BCUT2D eigenvalue weighted by Gasteiger charge is 1.93. The molecule has 4 nitrogen and oxygen atoms in total. The van der Waals surface area contributed by atoms with Crippen molar-refractivity contribution in [2.45, 2.75) is 13.5 Å². The molecule has 0 atom stereocenters. The van der Waals surface area contributed by atoms with Gasteiger partial charge in [0.1, 0.15) is 6.61 Å². The van der Waals surface area contributed by atoms with Crippen LogP contribution in [-0.2, 0) is 23.2 Å². The lowest BCUT2D eigenvalue weighted by Gasteiger charge is -1.99. The summed E-state index contributed by atoms with van der Waals surface area (Å²) in [6, 6.07) is 9.60. The number of carbonyl (C=O) groups is 1. The third-order valence-corrected chi connectivity index (χ3v) is 1.92. The molecule has 17 heavy (non-hydrogen) atoms. The van der Waals surface area contributed by atoms with E-state index < -0.39 is 0 Å². The average Bonchev–Trinajstić information content (AvgIpc) is 2.80. The van der Waals surface area contributed by atoms with Crippen LogP contribution in [0.15, 0.2) is 49.1 Å². The van der Waals surface area contributed by atoms with Gasteiger partial charge < -0.3 is 9.30 Å². The monoisotopic (exact) mass is 232 g/mol. The Kier molecular flexibility index (Phi) is 5.51. The molecule has 1 aromatic carbocycles. The van der Waals surface area contributed by atoms with Crippen LogP contribution in [0.25, 0.3) is 0 Å². The first-order valence-electron chi connectivity index (χ1n) is 5.27. The van der Waals surface area contributed by atoms with Crippen LogP contribution in [0.2, 0.25) is 0 Å². The molecule has 0 saturated carbocycles. The smallest absolute Gasteiger partial charge is 0.302 e. The number of esters is 1. The minimum atomic E-state index is -0.242. The van der Waals surface area contributed by atoms with Gasteiger partial charge in [-0.3, -0.25) is 4.79 Å². The molecule has 0 unspecified atom stereocenters. The first-order chi connectivity index (χ1) is 8.18. The number of benzene rings is 1. The number of hydrogen-bond donors (Lipinski definition) is 0. The van der Waals surface area contributed by atoms with Gasteiger partial charge in [-0.05, 0) is 5.56 Å². The molecule has 2 aromatic rings. The first-order valence-corrected chi connectivity index (χ1v) is 5.27. The molecule has 2 rings (SSSR count). The Bertz CT molecular complexity index is 424. The van der Waals surface area contributed by atoms with Crippen molar-refractivity contribution in [3.63, 3.8) is 0 Å². The molecule has 0 bridgehead atoms. The molecule has 0 fully saturated rings. The maximum absolute atomic E-state index is 10.4.